The van der Waals surface area contributed by atoms with Gasteiger partial charge in [0.05, 0.1) is 4.92 Å². The standard InChI is InChI=1S/C15H14N2O3/c1-10-4-3-5-12(8-10)15(18)16-13-7-6-11(2)14(9-13)17(19)20/h3-9H,1-2H3,(H,16,18). The van der Waals surface area contributed by atoms with Gasteiger partial charge >= 0.3 is 0 Å². The summed E-state index contributed by atoms with van der Waals surface area (Å²) >= 11 is 0. The van der Waals surface area contributed by atoms with Crippen molar-refractivity contribution in [3.63, 3.8) is 0 Å². The molecule has 1 amide bonds. The number of nitro groups is 1. The highest BCUT2D eigenvalue weighted by Crippen LogP contribution is 2.22. The summed E-state index contributed by atoms with van der Waals surface area (Å²) in [5, 5.41) is 13.5. The van der Waals surface area contributed by atoms with Crippen LogP contribution in [0.1, 0.15) is 21.5 Å². The highest BCUT2D eigenvalue weighted by molar-refractivity contribution is 6.04. The van der Waals surface area contributed by atoms with Crippen LogP contribution in [0.2, 0.25) is 0 Å². The van der Waals surface area contributed by atoms with Gasteiger partial charge in [0, 0.05) is 22.9 Å². The molecule has 5 heteroatoms. The Morgan fingerprint density at radius 1 is 1.15 bits per heavy atom. The van der Waals surface area contributed by atoms with Gasteiger partial charge in [-0.3, -0.25) is 14.9 Å². The topological polar surface area (TPSA) is 72.2 Å². The number of anilines is 1. The first-order valence-corrected chi connectivity index (χ1v) is 6.10. The molecule has 0 aliphatic carbocycles. The fraction of sp³-hybridized carbons (Fsp3) is 0.133. The number of benzene rings is 2. The van der Waals surface area contributed by atoms with Crippen LogP contribution in [0, 0.1) is 24.0 Å². The van der Waals surface area contributed by atoms with Crippen LogP contribution in [0.15, 0.2) is 42.5 Å². The molecule has 0 radical (unpaired) electrons. The Morgan fingerprint density at radius 2 is 1.90 bits per heavy atom. The monoisotopic (exact) mass is 270 g/mol. The fourth-order valence-corrected chi connectivity index (χ4v) is 1.87. The normalized spacial score (nSPS) is 10.1. The summed E-state index contributed by atoms with van der Waals surface area (Å²) in [7, 11) is 0. The highest BCUT2D eigenvalue weighted by Gasteiger charge is 2.13. The average molecular weight is 270 g/mol. The third-order valence-electron chi connectivity index (χ3n) is 2.94. The lowest BCUT2D eigenvalue weighted by atomic mass is 10.1. The third-order valence-corrected chi connectivity index (χ3v) is 2.94. The van der Waals surface area contributed by atoms with Crippen LogP contribution in [0.25, 0.3) is 0 Å². The van der Waals surface area contributed by atoms with Crippen LogP contribution in [0.5, 0.6) is 0 Å². The molecule has 2 aromatic carbocycles. The van der Waals surface area contributed by atoms with Gasteiger partial charge in [-0.05, 0) is 32.0 Å². The number of aryl methyl sites for hydroxylation is 2. The van der Waals surface area contributed by atoms with Gasteiger partial charge in [0.2, 0.25) is 0 Å². The summed E-state index contributed by atoms with van der Waals surface area (Å²) in [6.45, 7) is 3.55. The maximum atomic E-state index is 12.1. The Hall–Kier alpha value is -2.69. The maximum Gasteiger partial charge on any atom is 0.274 e. The molecule has 0 spiro atoms. The number of nitrogens with zero attached hydrogens (tertiary/aromatic N) is 1. The van der Waals surface area contributed by atoms with Crippen molar-refractivity contribution in [2.45, 2.75) is 13.8 Å². The molecule has 20 heavy (non-hydrogen) atoms. The summed E-state index contributed by atoms with van der Waals surface area (Å²) < 4.78 is 0. The van der Waals surface area contributed by atoms with Gasteiger partial charge in [-0.1, -0.05) is 23.8 Å². The van der Waals surface area contributed by atoms with E-state index in [-0.39, 0.29) is 11.6 Å². The molecule has 102 valence electrons. The first-order valence-electron chi connectivity index (χ1n) is 6.10. The average Bonchev–Trinajstić information content (AvgIpc) is 2.40. The van der Waals surface area contributed by atoms with Crippen LogP contribution in [0.3, 0.4) is 0 Å². The zero-order valence-electron chi connectivity index (χ0n) is 11.2. The number of carbonyl (C=O) groups excluding carboxylic acids is 1. The van der Waals surface area contributed by atoms with Gasteiger partial charge < -0.3 is 5.32 Å². The molecule has 2 aromatic rings. The van der Waals surface area contributed by atoms with Crippen molar-refractivity contribution in [2.75, 3.05) is 5.32 Å². The number of rotatable bonds is 3. The Bertz CT molecular complexity index is 681. The van der Waals surface area contributed by atoms with E-state index in [4.69, 9.17) is 0 Å². The quantitative estimate of drug-likeness (QED) is 0.685. The van der Waals surface area contributed by atoms with Crippen molar-refractivity contribution in [1.29, 1.82) is 0 Å². The fourth-order valence-electron chi connectivity index (χ4n) is 1.87. The molecule has 0 aromatic heterocycles. The summed E-state index contributed by atoms with van der Waals surface area (Å²) in [4.78, 5) is 22.5. The molecule has 2 rings (SSSR count). The first kappa shape index (κ1) is 13.7. The lowest BCUT2D eigenvalue weighted by molar-refractivity contribution is -0.385. The van der Waals surface area contributed by atoms with E-state index in [1.807, 2.05) is 13.0 Å². The van der Waals surface area contributed by atoms with Crippen LogP contribution >= 0.6 is 0 Å². The molecule has 5 nitrogen and oxygen atoms in total. The molecule has 1 N–H and O–H groups in total. The second kappa shape index (κ2) is 5.52. The number of carbonyl (C=O) groups is 1. The van der Waals surface area contributed by atoms with Crippen molar-refractivity contribution >= 4 is 17.3 Å². The Morgan fingerprint density at radius 3 is 2.55 bits per heavy atom. The van der Waals surface area contributed by atoms with Crippen LogP contribution in [-0.4, -0.2) is 10.8 Å². The van der Waals surface area contributed by atoms with Crippen molar-refractivity contribution in [3.05, 3.63) is 69.3 Å². The second-order valence-electron chi connectivity index (χ2n) is 4.58. The van der Waals surface area contributed by atoms with Gasteiger partial charge in [-0.2, -0.15) is 0 Å². The highest BCUT2D eigenvalue weighted by atomic mass is 16.6. The molecule has 0 aliphatic heterocycles. The van der Waals surface area contributed by atoms with Gasteiger partial charge in [0.1, 0.15) is 0 Å². The molecule has 0 fully saturated rings. The van der Waals surface area contributed by atoms with E-state index in [1.165, 1.54) is 6.07 Å². The summed E-state index contributed by atoms with van der Waals surface area (Å²) in [6, 6.07) is 11.8. The minimum Gasteiger partial charge on any atom is -0.322 e. The van der Waals surface area contributed by atoms with E-state index in [0.717, 1.165) is 5.56 Å². The van der Waals surface area contributed by atoms with Gasteiger partial charge in [0.25, 0.3) is 11.6 Å². The number of hydrogen-bond acceptors (Lipinski definition) is 3. The Kier molecular flexibility index (Phi) is 3.79. The zero-order valence-corrected chi connectivity index (χ0v) is 11.2. The lowest BCUT2D eigenvalue weighted by Gasteiger charge is -2.06. The zero-order chi connectivity index (χ0) is 14.7. The molecule has 0 aliphatic rings. The number of hydrogen-bond donors (Lipinski definition) is 1. The molecular formula is C15H14N2O3. The van der Waals surface area contributed by atoms with Crippen molar-refractivity contribution in [1.82, 2.24) is 0 Å². The van der Waals surface area contributed by atoms with E-state index >= 15 is 0 Å². The van der Waals surface area contributed by atoms with Gasteiger partial charge in [0.15, 0.2) is 0 Å². The van der Waals surface area contributed by atoms with Crippen molar-refractivity contribution in [3.8, 4) is 0 Å². The molecule has 0 atom stereocenters. The van der Waals surface area contributed by atoms with E-state index < -0.39 is 4.92 Å². The second-order valence-corrected chi connectivity index (χ2v) is 4.58. The van der Waals surface area contributed by atoms with E-state index in [0.29, 0.717) is 16.8 Å². The Balaban J connectivity index is 2.24. The summed E-state index contributed by atoms with van der Waals surface area (Å²) in [5.41, 5.74) is 2.46. The smallest absolute Gasteiger partial charge is 0.274 e. The first-order chi connectivity index (χ1) is 9.47. The molecule has 0 saturated carbocycles. The van der Waals surface area contributed by atoms with Crippen molar-refractivity contribution < 1.29 is 9.72 Å². The predicted molar refractivity (Wildman–Crippen MR) is 77.0 cm³/mol. The summed E-state index contributed by atoms with van der Waals surface area (Å²) in [5.74, 6) is -0.285. The predicted octanol–water partition coefficient (Wildman–Crippen LogP) is 3.46. The van der Waals surface area contributed by atoms with Crippen LogP contribution in [-0.2, 0) is 0 Å². The minimum atomic E-state index is -0.461. The maximum absolute atomic E-state index is 12.1. The number of nitrogens with one attached hydrogen (secondary N) is 1. The molecule has 0 saturated heterocycles. The molecule has 0 unspecified atom stereocenters. The van der Waals surface area contributed by atoms with E-state index in [2.05, 4.69) is 5.32 Å². The van der Waals surface area contributed by atoms with Crippen molar-refractivity contribution in [2.24, 2.45) is 0 Å². The minimum absolute atomic E-state index is 0.00737. The Labute approximate surface area is 116 Å². The molecule has 0 bridgehead atoms. The largest absolute Gasteiger partial charge is 0.322 e. The number of amides is 1. The summed E-state index contributed by atoms with van der Waals surface area (Å²) in [6.07, 6.45) is 0. The van der Waals surface area contributed by atoms with Gasteiger partial charge in [-0.15, -0.1) is 0 Å². The molecular weight excluding hydrogens is 256 g/mol. The number of nitro benzene ring substituents is 1. The van der Waals surface area contributed by atoms with E-state index in [9.17, 15) is 14.9 Å². The molecule has 0 heterocycles. The lowest BCUT2D eigenvalue weighted by Crippen LogP contribution is -2.12. The van der Waals surface area contributed by atoms with Gasteiger partial charge in [-0.25, -0.2) is 0 Å². The van der Waals surface area contributed by atoms with Crippen LogP contribution in [0.4, 0.5) is 11.4 Å². The van der Waals surface area contributed by atoms with E-state index in [1.54, 1.807) is 37.3 Å². The third kappa shape index (κ3) is 3.00. The van der Waals surface area contributed by atoms with Crippen LogP contribution < -0.4 is 5.32 Å². The SMILES string of the molecule is Cc1cccc(C(=O)Nc2ccc(C)c([N+](=O)[O-])c2)c1.